The maximum absolute atomic E-state index is 2.76. The van der Waals surface area contributed by atoms with Crippen molar-refractivity contribution in [1.29, 1.82) is 0 Å². The summed E-state index contributed by atoms with van der Waals surface area (Å²) in [5.41, 5.74) is 32.4. The van der Waals surface area contributed by atoms with Gasteiger partial charge in [0.25, 0.3) is 6.71 Å². The van der Waals surface area contributed by atoms with Crippen LogP contribution in [-0.2, 0) is 21.7 Å². The number of anilines is 6. The second kappa shape index (κ2) is 24.8. The Morgan fingerprint density at radius 2 is 0.593 bits per heavy atom. The molecule has 4 heteroatoms. The average Bonchev–Trinajstić information content (AvgIpc) is 0.794. The van der Waals surface area contributed by atoms with Crippen molar-refractivity contribution in [2.24, 2.45) is 0 Å². The second-order valence-corrected chi connectivity index (χ2v) is 34.5. The highest BCUT2D eigenvalue weighted by atomic mass is 15.2. The summed E-state index contributed by atoms with van der Waals surface area (Å²) in [6, 6.07) is 122. The van der Waals surface area contributed by atoms with Crippen molar-refractivity contribution >= 4 is 111 Å². The van der Waals surface area contributed by atoms with Gasteiger partial charge in [-0.25, -0.2) is 0 Å². The van der Waals surface area contributed by atoms with Crippen LogP contribution in [0.1, 0.15) is 105 Å². The van der Waals surface area contributed by atoms with Crippen molar-refractivity contribution < 1.29 is 0 Å². The van der Waals surface area contributed by atoms with Gasteiger partial charge in [-0.05, 0) is 210 Å². The summed E-state index contributed by atoms with van der Waals surface area (Å²) in [6.07, 6.45) is 0. The lowest BCUT2D eigenvalue weighted by atomic mass is 9.33. The van der Waals surface area contributed by atoms with Gasteiger partial charge in [0.1, 0.15) is 0 Å². The molecule has 0 unspecified atom stereocenters. The highest BCUT2D eigenvalue weighted by Gasteiger charge is 2.46. The van der Waals surface area contributed by atoms with E-state index in [0.717, 1.165) is 106 Å². The molecule has 1 aromatic heterocycles. The first-order valence-electron chi connectivity index (χ1n) is 38.6. The van der Waals surface area contributed by atoms with E-state index in [-0.39, 0.29) is 28.4 Å². The van der Waals surface area contributed by atoms with Crippen molar-refractivity contribution in [1.82, 2.24) is 4.57 Å². The molecule has 0 fully saturated rings. The molecule has 2 aliphatic heterocycles. The zero-order chi connectivity index (χ0) is 73.9. The third kappa shape index (κ3) is 10.9. The molecule has 0 spiro atoms. The summed E-state index contributed by atoms with van der Waals surface area (Å²) in [6.45, 7) is 28.1. The topological polar surface area (TPSA) is 11.4 Å². The number of fused-ring (bicyclic) bond motifs is 7. The van der Waals surface area contributed by atoms with Crippen LogP contribution < -0.4 is 26.2 Å². The fraction of sp³-hybridized carbons (Fsp3) is 0.154. The molecule has 0 bridgehead atoms. The molecular formula is C104H88BN3. The van der Waals surface area contributed by atoms with Gasteiger partial charge in [-0.2, -0.15) is 0 Å². The van der Waals surface area contributed by atoms with Gasteiger partial charge in [0.05, 0.1) is 28.1 Å². The van der Waals surface area contributed by atoms with E-state index in [1.165, 1.54) is 92.9 Å². The minimum atomic E-state index is -0.262. The lowest BCUT2D eigenvalue weighted by molar-refractivity contribution is 0.590. The summed E-state index contributed by atoms with van der Waals surface area (Å²) in [4.78, 5) is 5.49. The molecular weight excluding hydrogens is 1300 g/mol. The molecule has 522 valence electrons. The zero-order valence-corrected chi connectivity index (χ0v) is 63.9. The summed E-state index contributed by atoms with van der Waals surface area (Å²) in [5.74, 6) is 0. The molecule has 0 saturated carbocycles. The van der Waals surface area contributed by atoms with Gasteiger partial charge < -0.3 is 14.4 Å². The van der Waals surface area contributed by atoms with E-state index in [2.05, 4.69) is 413 Å². The standard InChI is InChI=1S/C104H88BN3/c1-101(2,3)75-52-72-46-47-73-53-76(102(4,5)6)62-87-82(55-74(54-75)96(72)97(73)87)71-49-51-89-93(57-71)108(100-85(68-38-24-16-25-39-68)60-78(104(10,11)12)61-86(100)69-40-26-17-27-41-69)95-64-79(106-90-44-30-28-42-80(90)81-43-29-31-45-91(81)106)63-94-98(95)105(89)88-50-48-70(65-32-18-13-19-33-65)56-92(88)107(94)99-83(66-34-20-14-21-35-66)58-77(103(7,8)9)59-84(99)67-36-22-15-23-37-67/h13-64H,1-12H3. The monoisotopic (exact) mass is 1390 g/mol. The van der Waals surface area contributed by atoms with Crippen LogP contribution in [0.15, 0.2) is 315 Å². The quantitative estimate of drug-likeness (QED) is 0.105. The Balaban J connectivity index is 1.03. The molecule has 3 heterocycles. The highest BCUT2D eigenvalue weighted by molar-refractivity contribution is 7.00. The van der Waals surface area contributed by atoms with Gasteiger partial charge in [0.15, 0.2) is 0 Å². The van der Waals surface area contributed by atoms with Gasteiger partial charge in [0.2, 0.25) is 0 Å². The smallest absolute Gasteiger partial charge is 0.252 e. The Hall–Kier alpha value is -12.0. The van der Waals surface area contributed by atoms with E-state index < -0.39 is 0 Å². The van der Waals surface area contributed by atoms with Gasteiger partial charge in [0, 0.05) is 55.8 Å². The SMILES string of the molecule is CC(C)(C)c1cc(-c2ccccc2)c(N2c3cc(-c4ccccc4)ccc3B3c4ccc(-c5cc6cc(C(C)(C)C)cc7ccc8cc(C(C)(C)C)cc5c8c76)cc4N(c4c(-c5ccccc5)cc(C(C)(C)C)cc4-c4ccccc4)c4cc(-n5c6ccccc6c6ccccc65)cc2c43)c(-c2ccccc2)c1. The van der Waals surface area contributed by atoms with Crippen LogP contribution in [-0.4, -0.2) is 11.3 Å². The number of nitrogens with zero attached hydrogens (tertiary/aromatic N) is 3. The van der Waals surface area contributed by atoms with Crippen LogP contribution in [0.4, 0.5) is 34.1 Å². The molecule has 0 N–H and O–H groups in total. The molecule has 0 atom stereocenters. The fourth-order valence-corrected chi connectivity index (χ4v) is 17.8. The molecule has 2 aliphatic rings. The summed E-state index contributed by atoms with van der Waals surface area (Å²) < 4.78 is 2.57. The number of hydrogen-bond donors (Lipinski definition) is 0. The molecule has 108 heavy (non-hydrogen) atoms. The minimum absolute atomic E-state index is 0.0774. The van der Waals surface area contributed by atoms with Crippen LogP contribution >= 0.6 is 0 Å². The van der Waals surface area contributed by atoms with E-state index >= 15 is 0 Å². The normalized spacial score (nSPS) is 13.1. The number of aromatic nitrogens is 1. The largest absolute Gasteiger partial charge is 0.310 e. The molecule has 16 aromatic carbocycles. The lowest BCUT2D eigenvalue weighted by Crippen LogP contribution is -2.61. The molecule has 17 aromatic rings. The summed E-state index contributed by atoms with van der Waals surface area (Å²) in [5, 5.41) is 10.2. The van der Waals surface area contributed by atoms with Crippen LogP contribution in [0.5, 0.6) is 0 Å². The zero-order valence-electron chi connectivity index (χ0n) is 63.9. The maximum Gasteiger partial charge on any atom is 0.252 e. The number of hydrogen-bond acceptors (Lipinski definition) is 2. The lowest BCUT2D eigenvalue weighted by Gasteiger charge is -2.46. The van der Waals surface area contributed by atoms with Gasteiger partial charge in [-0.3, -0.25) is 0 Å². The van der Waals surface area contributed by atoms with E-state index in [0.29, 0.717) is 0 Å². The predicted octanol–water partition coefficient (Wildman–Crippen LogP) is 27.0. The van der Waals surface area contributed by atoms with E-state index in [1.54, 1.807) is 0 Å². The number of rotatable bonds is 9. The van der Waals surface area contributed by atoms with Crippen LogP contribution in [0, 0.1) is 0 Å². The first-order valence-corrected chi connectivity index (χ1v) is 38.6. The van der Waals surface area contributed by atoms with Crippen molar-refractivity contribution in [3.63, 3.8) is 0 Å². The summed E-state index contributed by atoms with van der Waals surface area (Å²) in [7, 11) is 0. The Kier molecular flexibility index (Phi) is 15.3. The molecule has 19 rings (SSSR count). The van der Waals surface area contributed by atoms with Gasteiger partial charge in [-0.15, -0.1) is 0 Å². The first-order chi connectivity index (χ1) is 52.1. The fourth-order valence-electron chi connectivity index (χ4n) is 17.8. The molecule has 0 radical (unpaired) electrons. The van der Waals surface area contributed by atoms with Crippen LogP contribution in [0.2, 0.25) is 0 Å². The third-order valence-electron chi connectivity index (χ3n) is 23.4. The number of para-hydroxylation sites is 2. The van der Waals surface area contributed by atoms with Crippen LogP contribution in [0.3, 0.4) is 0 Å². The number of benzene rings is 16. The molecule has 0 saturated heterocycles. The molecule has 0 aliphatic carbocycles. The van der Waals surface area contributed by atoms with E-state index in [9.17, 15) is 0 Å². The van der Waals surface area contributed by atoms with E-state index in [4.69, 9.17) is 0 Å². The highest BCUT2D eigenvalue weighted by Crippen LogP contribution is 2.57. The summed E-state index contributed by atoms with van der Waals surface area (Å²) >= 11 is 0. The predicted molar refractivity (Wildman–Crippen MR) is 466 cm³/mol. The molecule has 3 nitrogen and oxygen atoms in total. The Labute approximate surface area is 636 Å². The third-order valence-corrected chi connectivity index (χ3v) is 23.4. The van der Waals surface area contributed by atoms with Crippen LogP contribution in [0.25, 0.3) is 127 Å². The Morgan fingerprint density at radius 3 is 1.02 bits per heavy atom. The van der Waals surface area contributed by atoms with E-state index in [1.807, 2.05) is 0 Å². The second-order valence-electron chi connectivity index (χ2n) is 34.5. The Bertz CT molecular complexity index is 6260. The van der Waals surface area contributed by atoms with Crippen molar-refractivity contribution in [2.45, 2.75) is 105 Å². The van der Waals surface area contributed by atoms with Crippen molar-refractivity contribution in [3.8, 4) is 72.4 Å². The Morgan fingerprint density at radius 1 is 0.241 bits per heavy atom. The van der Waals surface area contributed by atoms with Crippen molar-refractivity contribution in [3.05, 3.63) is 338 Å². The van der Waals surface area contributed by atoms with Gasteiger partial charge >= 0.3 is 0 Å². The van der Waals surface area contributed by atoms with Crippen molar-refractivity contribution in [2.75, 3.05) is 9.80 Å². The van der Waals surface area contributed by atoms with Gasteiger partial charge in [-0.1, -0.05) is 326 Å². The maximum atomic E-state index is 2.76. The first kappa shape index (κ1) is 66.7. The average molecular weight is 1390 g/mol. The minimum Gasteiger partial charge on any atom is -0.310 e. The molecule has 0 amide bonds.